The Morgan fingerprint density at radius 2 is 1.75 bits per heavy atom. The predicted octanol–water partition coefficient (Wildman–Crippen LogP) is 4.58. The molecule has 1 aliphatic rings. The number of carbonyl (C=O) groups excluding carboxylic acids is 1. The van der Waals surface area contributed by atoms with E-state index in [1.54, 1.807) is 6.08 Å². The number of anilines is 1. The van der Waals surface area contributed by atoms with E-state index in [0.29, 0.717) is 0 Å². The zero-order chi connectivity index (χ0) is 16.9. The number of rotatable bonds is 8. The summed E-state index contributed by atoms with van der Waals surface area (Å²) in [5.41, 5.74) is 2.91. The maximum atomic E-state index is 12.5. The number of ketones is 1. The molecular formula is C21H26N2O. The fourth-order valence-electron chi connectivity index (χ4n) is 3.51. The summed E-state index contributed by atoms with van der Waals surface area (Å²) >= 11 is 0. The van der Waals surface area contributed by atoms with E-state index in [4.69, 9.17) is 0 Å². The Kier molecular flexibility index (Phi) is 5.31. The van der Waals surface area contributed by atoms with Crippen molar-refractivity contribution in [3.8, 4) is 0 Å². The van der Waals surface area contributed by atoms with Gasteiger partial charge < -0.3 is 10.2 Å². The highest BCUT2D eigenvalue weighted by Gasteiger charge is 2.18. The highest BCUT2D eigenvalue weighted by Crippen LogP contribution is 2.33. The minimum Gasteiger partial charge on any atom is -0.383 e. The van der Waals surface area contributed by atoms with Gasteiger partial charge in [0.25, 0.3) is 0 Å². The average Bonchev–Trinajstić information content (AvgIpc) is 2.59. The molecule has 1 N–H and O–H groups in total. The molecule has 126 valence electrons. The van der Waals surface area contributed by atoms with Crippen molar-refractivity contribution in [2.45, 2.75) is 26.7 Å². The van der Waals surface area contributed by atoms with Crippen molar-refractivity contribution in [2.75, 3.05) is 31.5 Å². The summed E-state index contributed by atoms with van der Waals surface area (Å²) in [6.07, 6.45) is 5.95. The van der Waals surface area contributed by atoms with Crippen LogP contribution in [0.4, 0.5) is 5.69 Å². The second kappa shape index (κ2) is 7.63. The first-order chi connectivity index (χ1) is 11.7. The molecule has 0 aromatic heterocycles. The third kappa shape index (κ3) is 3.36. The Morgan fingerprint density at radius 1 is 0.958 bits per heavy atom. The van der Waals surface area contributed by atoms with Crippen molar-refractivity contribution in [1.82, 2.24) is 4.90 Å². The summed E-state index contributed by atoms with van der Waals surface area (Å²) in [7, 11) is 0. The second-order valence-electron chi connectivity index (χ2n) is 6.40. The summed E-state index contributed by atoms with van der Waals surface area (Å²) in [6, 6.07) is 10.3. The molecule has 0 bridgehead atoms. The third-order valence-electron chi connectivity index (χ3n) is 4.56. The molecule has 2 aromatic carbocycles. The zero-order valence-corrected chi connectivity index (χ0v) is 14.6. The Balaban J connectivity index is 1.80. The van der Waals surface area contributed by atoms with Gasteiger partial charge in [0.2, 0.25) is 0 Å². The molecule has 0 saturated carbocycles. The van der Waals surface area contributed by atoms with Crippen LogP contribution in [-0.2, 0) is 0 Å². The monoisotopic (exact) mass is 322 g/mol. The van der Waals surface area contributed by atoms with Crippen LogP contribution in [0.2, 0.25) is 0 Å². The highest BCUT2D eigenvalue weighted by molar-refractivity contribution is 6.23. The molecule has 3 rings (SSSR count). The van der Waals surface area contributed by atoms with E-state index in [9.17, 15) is 4.79 Å². The van der Waals surface area contributed by atoms with Crippen LogP contribution in [0.5, 0.6) is 0 Å². The summed E-state index contributed by atoms with van der Waals surface area (Å²) in [5.74, 6) is 0.0979. The molecule has 24 heavy (non-hydrogen) atoms. The molecule has 3 heteroatoms. The van der Waals surface area contributed by atoms with E-state index in [-0.39, 0.29) is 5.78 Å². The molecule has 0 saturated heterocycles. The largest absolute Gasteiger partial charge is 0.383 e. The molecule has 0 aliphatic heterocycles. The van der Waals surface area contributed by atoms with Crippen LogP contribution >= 0.6 is 0 Å². The predicted molar refractivity (Wildman–Crippen MR) is 103 cm³/mol. The summed E-state index contributed by atoms with van der Waals surface area (Å²) in [5, 5.41) is 5.71. The lowest BCUT2D eigenvalue weighted by Gasteiger charge is -2.22. The van der Waals surface area contributed by atoms with E-state index >= 15 is 0 Å². The molecule has 2 aromatic rings. The van der Waals surface area contributed by atoms with Gasteiger partial charge in [-0.2, -0.15) is 0 Å². The van der Waals surface area contributed by atoms with Gasteiger partial charge in [-0.3, -0.25) is 4.79 Å². The van der Waals surface area contributed by atoms with Gasteiger partial charge in [0, 0.05) is 24.2 Å². The Labute approximate surface area is 144 Å². The number of carbonyl (C=O) groups is 1. The number of allylic oxidation sites excluding steroid dienone is 1. The molecule has 0 unspecified atom stereocenters. The van der Waals surface area contributed by atoms with Gasteiger partial charge in [-0.15, -0.1) is 0 Å². The Bertz CT molecular complexity index is 758. The van der Waals surface area contributed by atoms with Gasteiger partial charge >= 0.3 is 0 Å². The normalized spacial score (nSPS) is 13.0. The standard InChI is InChI=1S/C21H26N2O/c1-3-13-23(14-4-2)15-12-22-18-10-8-16-6-5-7-17-9-11-19(24)21(18)20(16)17/h5-11,22H,3-4,12-15H2,1-2H3. The van der Waals surface area contributed by atoms with Crippen molar-refractivity contribution < 1.29 is 4.79 Å². The summed E-state index contributed by atoms with van der Waals surface area (Å²) in [4.78, 5) is 14.9. The maximum Gasteiger partial charge on any atom is 0.188 e. The molecule has 0 spiro atoms. The van der Waals surface area contributed by atoms with E-state index in [1.807, 2.05) is 18.2 Å². The molecular weight excluding hydrogens is 296 g/mol. The highest BCUT2D eigenvalue weighted by atomic mass is 16.1. The fourth-order valence-corrected chi connectivity index (χ4v) is 3.51. The van der Waals surface area contributed by atoms with E-state index in [0.717, 1.165) is 53.8 Å². The van der Waals surface area contributed by atoms with Crippen LogP contribution in [0.3, 0.4) is 0 Å². The first-order valence-electron chi connectivity index (χ1n) is 8.99. The minimum atomic E-state index is 0.0979. The first-order valence-corrected chi connectivity index (χ1v) is 8.99. The fraction of sp³-hybridized carbons (Fsp3) is 0.381. The lowest BCUT2D eigenvalue weighted by Crippen LogP contribution is -2.30. The lowest BCUT2D eigenvalue weighted by atomic mass is 9.91. The average molecular weight is 322 g/mol. The van der Waals surface area contributed by atoms with Gasteiger partial charge in [-0.25, -0.2) is 0 Å². The molecule has 0 radical (unpaired) electrons. The summed E-state index contributed by atoms with van der Waals surface area (Å²) in [6.45, 7) is 8.56. The number of benzene rings is 2. The minimum absolute atomic E-state index is 0.0979. The molecule has 0 fully saturated rings. The molecule has 3 nitrogen and oxygen atoms in total. The molecule has 0 atom stereocenters. The van der Waals surface area contributed by atoms with Gasteiger partial charge in [-0.05, 0) is 49.0 Å². The topological polar surface area (TPSA) is 32.3 Å². The quantitative estimate of drug-likeness (QED) is 0.772. The molecule has 0 heterocycles. The van der Waals surface area contributed by atoms with Gasteiger partial charge in [-0.1, -0.05) is 44.2 Å². The number of hydrogen-bond acceptors (Lipinski definition) is 3. The van der Waals surface area contributed by atoms with E-state index < -0.39 is 0 Å². The van der Waals surface area contributed by atoms with Crippen molar-refractivity contribution in [2.24, 2.45) is 0 Å². The van der Waals surface area contributed by atoms with E-state index in [2.05, 4.69) is 42.3 Å². The van der Waals surface area contributed by atoms with Crippen LogP contribution in [0.1, 0.15) is 42.6 Å². The zero-order valence-electron chi connectivity index (χ0n) is 14.6. The van der Waals surface area contributed by atoms with Crippen LogP contribution in [0, 0.1) is 0 Å². The smallest absolute Gasteiger partial charge is 0.188 e. The lowest BCUT2D eigenvalue weighted by molar-refractivity contribution is 0.104. The number of nitrogens with one attached hydrogen (secondary N) is 1. The van der Waals surface area contributed by atoms with Crippen LogP contribution < -0.4 is 5.32 Å². The maximum absolute atomic E-state index is 12.5. The second-order valence-corrected chi connectivity index (χ2v) is 6.40. The Hall–Kier alpha value is -2.13. The van der Waals surface area contributed by atoms with Crippen molar-refractivity contribution in [3.05, 3.63) is 47.5 Å². The first kappa shape index (κ1) is 16.7. The Morgan fingerprint density at radius 3 is 2.50 bits per heavy atom. The molecule has 0 amide bonds. The number of nitrogens with zero attached hydrogens (tertiary/aromatic N) is 1. The van der Waals surface area contributed by atoms with Crippen molar-refractivity contribution in [3.63, 3.8) is 0 Å². The number of hydrogen-bond donors (Lipinski definition) is 1. The van der Waals surface area contributed by atoms with Crippen LogP contribution in [0.15, 0.2) is 36.4 Å². The van der Waals surface area contributed by atoms with Gasteiger partial charge in [0.1, 0.15) is 0 Å². The van der Waals surface area contributed by atoms with Crippen LogP contribution in [-0.4, -0.2) is 36.9 Å². The van der Waals surface area contributed by atoms with Crippen molar-refractivity contribution >= 4 is 28.3 Å². The van der Waals surface area contributed by atoms with Gasteiger partial charge in [0.15, 0.2) is 5.78 Å². The van der Waals surface area contributed by atoms with Crippen LogP contribution in [0.25, 0.3) is 16.8 Å². The van der Waals surface area contributed by atoms with Crippen molar-refractivity contribution in [1.29, 1.82) is 0 Å². The SMILES string of the molecule is CCCN(CCC)CCNc1ccc2cccc3c2c1C(=O)C=C3. The van der Waals surface area contributed by atoms with E-state index in [1.165, 1.54) is 12.8 Å². The third-order valence-corrected chi connectivity index (χ3v) is 4.56. The van der Waals surface area contributed by atoms with Gasteiger partial charge in [0.05, 0.1) is 5.56 Å². The summed E-state index contributed by atoms with van der Waals surface area (Å²) < 4.78 is 0. The molecule has 1 aliphatic carbocycles.